The quantitative estimate of drug-likeness (QED) is 0.589. The van der Waals surface area contributed by atoms with E-state index in [1.54, 1.807) is 30.9 Å². The molecule has 5 rings (SSSR count). The molecule has 1 saturated carbocycles. The molecule has 5 atom stereocenters. The van der Waals surface area contributed by atoms with Crippen LogP contribution in [0.3, 0.4) is 0 Å². The first-order chi connectivity index (χ1) is 16.6. The summed E-state index contributed by atoms with van der Waals surface area (Å²) in [5.74, 6) is -0.390. The van der Waals surface area contributed by atoms with Gasteiger partial charge in [0.25, 0.3) is 5.91 Å². The molecule has 1 saturated heterocycles. The highest BCUT2D eigenvalue weighted by atomic mass is 19.4. The lowest BCUT2D eigenvalue weighted by Gasteiger charge is -2.40. The maximum Gasteiger partial charge on any atom is 0.417 e. The van der Waals surface area contributed by atoms with Gasteiger partial charge in [-0.1, -0.05) is 0 Å². The van der Waals surface area contributed by atoms with Crippen molar-refractivity contribution in [2.24, 2.45) is 5.92 Å². The van der Waals surface area contributed by atoms with E-state index in [-0.39, 0.29) is 17.5 Å². The number of aryl methyl sites for hydroxylation is 1. The fourth-order valence-corrected chi connectivity index (χ4v) is 5.18. The molecule has 1 aliphatic carbocycles. The Bertz CT molecular complexity index is 1220. The maximum atomic E-state index is 13.9. The maximum absolute atomic E-state index is 13.9. The van der Waals surface area contributed by atoms with Gasteiger partial charge in [-0.05, 0) is 50.8 Å². The van der Waals surface area contributed by atoms with Crippen LogP contribution in [-0.4, -0.2) is 65.2 Å². The standard InChI is InChI=1S/C23H23F3N6O3/c1-12-3-5-16(32-28-7-8-29-32)20(30-12)22(34)31-17-9-14(21(31)13(2)33)10-18(17)35-19-6-4-15(11-27-19)23(24,25)26/h3-8,11,13-14,17-18,21,33H,9-10H2,1-2H3/t13?,14-,17?,18?,21?/m1/s1. The van der Waals surface area contributed by atoms with Crippen LogP contribution in [0.15, 0.2) is 42.9 Å². The molecule has 2 aliphatic rings. The zero-order valence-corrected chi connectivity index (χ0v) is 18.9. The number of amides is 1. The van der Waals surface area contributed by atoms with Gasteiger partial charge in [0.15, 0.2) is 5.69 Å². The lowest BCUT2D eigenvalue weighted by Crippen LogP contribution is -2.55. The monoisotopic (exact) mass is 488 g/mol. The SMILES string of the molecule is Cc1ccc(-n2nccn2)c(C(=O)N2C3C[C@H](CC3Oc3ccc(C(F)(F)F)cn3)C2C(C)O)n1. The molecule has 1 aliphatic heterocycles. The van der Waals surface area contributed by atoms with E-state index in [9.17, 15) is 23.1 Å². The molecule has 3 aromatic heterocycles. The van der Waals surface area contributed by atoms with Crippen molar-refractivity contribution < 1.29 is 27.8 Å². The zero-order valence-electron chi connectivity index (χ0n) is 18.9. The fraction of sp³-hybridized carbons (Fsp3) is 0.435. The van der Waals surface area contributed by atoms with E-state index in [0.29, 0.717) is 24.2 Å². The molecule has 0 aromatic carbocycles. The largest absolute Gasteiger partial charge is 0.472 e. The third kappa shape index (κ3) is 4.22. The normalized spacial score (nSPS) is 24.6. The summed E-state index contributed by atoms with van der Waals surface area (Å²) in [6, 6.07) is 4.69. The summed E-state index contributed by atoms with van der Waals surface area (Å²) in [6.45, 7) is 3.40. The topological polar surface area (TPSA) is 106 Å². The summed E-state index contributed by atoms with van der Waals surface area (Å²) < 4.78 is 44.5. The lowest BCUT2D eigenvalue weighted by molar-refractivity contribution is -0.137. The van der Waals surface area contributed by atoms with Gasteiger partial charge in [-0.2, -0.15) is 23.4 Å². The third-order valence-corrected chi connectivity index (χ3v) is 6.58. The molecule has 1 amide bonds. The van der Waals surface area contributed by atoms with Crippen molar-refractivity contribution in [3.05, 3.63) is 59.8 Å². The van der Waals surface area contributed by atoms with Crippen molar-refractivity contribution in [2.45, 2.75) is 57.2 Å². The molecule has 9 nitrogen and oxygen atoms in total. The smallest absolute Gasteiger partial charge is 0.417 e. The Kier molecular flexibility index (Phi) is 5.70. The van der Waals surface area contributed by atoms with Crippen LogP contribution in [0.5, 0.6) is 5.88 Å². The van der Waals surface area contributed by atoms with Crippen molar-refractivity contribution in [3.63, 3.8) is 0 Å². The summed E-state index contributed by atoms with van der Waals surface area (Å²) in [4.78, 5) is 25.0. The highest BCUT2D eigenvalue weighted by Crippen LogP contribution is 2.46. The Morgan fingerprint density at radius 1 is 1.17 bits per heavy atom. The number of nitrogens with zero attached hydrogens (tertiary/aromatic N) is 6. The lowest BCUT2D eigenvalue weighted by atomic mass is 9.93. The second-order valence-electron chi connectivity index (χ2n) is 8.92. The minimum atomic E-state index is -4.49. The van der Waals surface area contributed by atoms with Gasteiger partial charge in [-0.25, -0.2) is 9.97 Å². The average Bonchev–Trinajstić information content (AvgIpc) is 3.55. The average molecular weight is 488 g/mol. The number of aliphatic hydroxyl groups is 1. The van der Waals surface area contributed by atoms with Crippen molar-refractivity contribution in [1.29, 1.82) is 0 Å². The van der Waals surface area contributed by atoms with E-state index in [2.05, 4.69) is 20.2 Å². The van der Waals surface area contributed by atoms with E-state index >= 15 is 0 Å². The zero-order chi connectivity index (χ0) is 24.9. The predicted octanol–water partition coefficient (Wildman–Crippen LogP) is 2.82. The molecule has 4 unspecified atom stereocenters. The molecule has 2 bridgehead atoms. The number of hydrogen-bond acceptors (Lipinski definition) is 7. The van der Waals surface area contributed by atoms with E-state index < -0.39 is 41.9 Å². The van der Waals surface area contributed by atoms with Gasteiger partial charge in [0.05, 0.1) is 36.1 Å². The van der Waals surface area contributed by atoms with Crippen LogP contribution >= 0.6 is 0 Å². The number of halogens is 3. The molecular weight excluding hydrogens is 465 g/mol. The molecule has 184 valence electrons. The highest BCUT2D eigenvalue weighted by Gasteiger charge is 2.56. The molecule has 3 aromatic rings. The Morgan fingerprint density at radius 2 is 1.91 bits per heavy atom. The number of piperidine rings is 1. The van der Waals surface area contributed by atoms with Crippen LogP contribution in [0.2, 0.25) is 0 Å². The molecule has 0 spiro atoms. The van der Waals surface area contributed by atoms with Crippen molar-refractivity contribution in [1.82, 2.24) is 29.9 Å². The third-order valence-electron chi connectivity index (χ3n) is 6.58. The Morgan fingerprint density at radius 3 is 2.54 bits per heavy atom. The minimum absolute atomic E-state index is 0.0421. The van der Waals surface area contributed by atoms with Gasteiger partial charge in [0.2, 0.25) is 5.88 Å². The van der Waals surface area contributed by atoms with Crippen LogP contribution in [0.4, 0.5) is 13.2 Å². The van der Waals surface area contributed by atoms with Gasteiger partial charge < -0.3 is 14.7 Å². The number of alkyl halides is 3. The van der Waals surface area contributed by atoms with E-state index in [4.69, 9.17) is 4.74 Å². The van der Waals surface area contributed by atoms with Crippen molar-refractivity contribution in [3.8, 4) is 11.6 Å². The number of aliphatic hydroxyl groups excluding tert-OH is 1. The highest BCUT2D eigenvalue weighted by molar-refractivity contribution is 5.96. The van der Waals surface area contributed by atoms with Gasteiger partial charge >= 0.3 is 6.18 Å². The summed E-state index contributed by atoms with van der Waals surface area (Å²) in [7, 11) is 0. The number of carbonyl (C=O) groups excluding carboxylic acids is 1. The van der Waals surface area contributed by atoms with Gasteiger partial charge in [-0.15, -0.1) is 4.80 Å². The fourth-order valence-electron chi connectivity index (χ4n) is 5.18. The Labute approximate surface area is 198 Å². The number of hydrogen-bond donors (Lipinski definition) is 1. The van der Waals surface area contributed by atoms with Crippen LogP contribution in [-0.2, 0) is 6.18 Å². The summed E-state index contributed by atoms with van der Waals surface area (Å²) >= 11 is 0. The Balaban J connectivity index is 1.44. The number of likely N-dealkylation sites (tertiary alicyclic amines) is 1. The second-order valence-corrected chi connectivity index (χ2v) is 8.92. The summed E-state index contributed by atoms with van der Waals surface area (Å²) in [6.07, 6.45) is -0.932. The molecule has 1 N–H and O–H groups in total. The Hall–Kier alpha value is -3.54. The first kappa shape index (κ1) is 23.2. The number of aromatic nitrogens is 5. The van der Waals surface area contributed by atoms with E-state index in [0.717, 1.165) is 12.3 Å². The van der Waals surface area contributed by atoms with Crippen molar-refractivity contribution >= 4 is 5.91 Å². The van der Waals surface area contributed by atoms with E-state index in [1.807, 2.05) is 0 Å². The summed E-state index contributed by atoms with van der Waals surface area (Å²) in [5.41, 5.74) is 0.309. The van der Waals surface area contributed by atoms with Crippen LogP contribution in [0.1, 0.15) is 41.5 Å². The summed E-state index contributed by atoms with van der Waals surface area (Å²) in [5, 5.41) is 18.8. The first-order valence-corrected chi connectivity index (χ1v) is 11.2. The number of pyridine rings is 2. The molecular formula is C23H23F3N6O3. The number of ether oxygens (including phenoxy) is 1. The van der Waals surface area contributed by atoms with Crippen molar-refractivity contribution in [2.75, 3.05) is 0 Å². The number of rotatable bonds is 5. The number of fused-ring (bicyclic) bond motifs is 2. The molecule has 4 heterocycles. The predicted molar refractivity (Wildman–Crippen MR) is 116 cm³/mol. The number of carbonyl (C=O) groups is 1. The second kappa shape index (κ2) is 8.59. The van der Waals surface area contributed by atoms with E-state index in [1.165, 1.54) is 23.3 Å². The van der Waals surface area contributed by atoms with Crippen LogP contribution in [0, 0.1) is 12.8 Å². The minimum Gasteiger partial charge on any atom is -0.472 e. The van der Waals surface area contributed by atoms with Crippen LogP contribution in [0.25, 0.3) is 5.69 Å². The van der Waals surface area contributed by atoms with Gasteiger partial charge in [0, 0.05) is 18.0 Å². The first-order valence-electron chi connectivity index (χ1n) is 11.2. The molecule has 2 fully saturated rings. The van der Waals surface area contributed by atoms with Gasteiger partial charge in [0.1, 0.15) is 11.8 Å². The van der Waals surface area contributed by atoms with Crippen LogP contribution < -0.4 is 4.74 Å². The molecule has 12 heteroatoms. The molecule has 35 heavy (non-hydrogen) atoms. The molecule has 0 radical (unpaired) electrons. The van der Waals surface area contributed by atoms with Gasteiger partial charge in [-0.3, -0.25) is 4.79 Å².